The van der Waals surface area contributed by atoms with Crippen molar-refractivity contribution in [2.45, 2.75) is 19.1 Å². The van der Waals surface area contributed by atoms with Crippen LogP contribution in [0.15, 0.2) is 77.3 Å². The van der Waals surface area contributed by atoms with E-state index in [1.54, 1.807) is 17.0 Å². The first kappa shape index (κ1) is 18.4. The van der Waals surface area contributed by atoms with E-state index in [-0.39, 0.29) is 17.8 Å². The number of carbonyl (C=O) groups excluding carboxylic acids is 1. The van der Waals surface area contributed by atoms with Crippen LogP contribution in [0.25, 0.3) is 0 Å². The summed E-state index contributed by atoms with van der Waals surface area (Å²) in [4.78, 5) is 20.9. The van der Waals surface area contributed by atoms with Gasteiger partial charge in [-0.3, -0.25) is 4.79 Å². The minimum atomic E-state index is -0.312. The Morgan fingerprint density at radius 1 is 1.14 bits per heavy atom. The quantitative estimate of drug-likeness (QED) is 0.607. The minimum Gasteiger partial charge on any atom is -0.390 e. The van der Waals surface area contributed by atoms with E-state index in [0.29, 0.717) is 24.4 Å². The molecule has 28 heavy (non-hydrogen) atoms. The van der Waals surface area contributed by atoms with Gasteiger partial charge in [0.05, 0.1) is 17.1 Å². The van der Waals surface area contributed by atoms with Crippen molar-refractivity contribution in [1.82, 2.24) is 4.90 Å². The predicted octanol–water partition coefficient (Wildman–Crippen LogP) is 4.72. The lowest BCUT2D eigenvalue weighted by molar-refractivity contribution is 0.0408. The number of benzene rings is 2. The second kappa shape index (κ2) is 8.35. The number of oxime groups is 1. The summed E-state index contributed by atoms with van der Waals surface area (Å²) in [5.74, 6) is -0.399. The van der Waals surface area contributed by atoms with Gasteiger partial charge in [0, 0.05) is 13.0 Å². The van der Waals surface area contributed by atoms with E-state index in [1.807, 2.05) is 47.8 Å². The lowest BCUT2D eigenvalue weighted by atomic mass is 10.0. The van der Waals surface area contributed by atoms with E-state index in [2.05, 4.69) is 5.16 Å². The number of thiophene rings is 1. The van der Waals surface area contributed by atoms with Gasteiger partial charge in [-0.1, -0.05) is 53.7 Å². The summed E-state index contributed by atoms with van der Waals surface area (Å²) in [5, 5.41) is 6.08. The first-order chi connectivity index (χ1) is 13.7. The molecular formula is C22H19FN2O2S. The monoisotopic (exact) mass is 394 g/mol. The van der Waals surface area contributed by atoms with Gasteiger partial charge < -0.3 is 9.74 Å². The fraction of sp³-hybridized carbons (Fsp3) is 0.182. The second-order valence-electron chi connectivity index (χ2n) is 6.63. The van der Waals surface area contributed by atoms with Gasteiger partial charge in [0.25, 0.3) is 5.91 Å². The topological polar surface area (TPSA) is 41.9 Å². The van der Waals surface area contributed by atoms with Crippen LogP contribution in [0.3, 0.4) is 0 Å². The Bertz CT molecular complexity index is 973. The molecule has 0 N–H and O–H groups in total. The second-order valence-corrected chi connectivity index (χ2v) is 7.58. The number of carbonyl (C=O) groups is 1. The number of amides is 1. The summed E-state index contributed by atoms with van der Waals surface area (Å²) in [5.41, 5.74) is 2.64. The molecule has 4 rings (SSSR count). The number of hydrogen-bond acceptors (Lipinski definition) is 4. The van der Waals surface area contributed by atoms with Gasteiger partial charge in [-0.05, 0) is 34.7 Å². The zero-order valence-corrected chi connectivity index (χ0v) is 15.9. The Morgan fingerprint density at radius 3 is 2.75 bits per heavy atom. The highest BCUT2D eigenvalue weighted by Gasteiger charge is 2.27. The molecule has 0 bridgehead atoms. The molecule has 6 heteroatoms. The van der Waals surface area contributed by atoms with E-state index >= 15 is 0 Å². The highest BCUT2D eigenvalue weighted by Crippen LogP contribution is 2.21. The van der Waals surface area contributed by atoms with Crippen molar-refractivity contribution in [2.24, 2.45) is 5.16 Å². The van der Waals surface area contributed by atoms with E-state index in [0.717, 1.165) is 16.8 Å². The molecule has 1 atom stereocenters. The van der Waals surface area contributed by atoms with Gasteiger partial charge in [0.2, 0.25) is 0 Å². The van der Waals surface area contributed by atoms with Gasteiger partial charge in [0.1, 0.15) is 5.82 Å². The summed E-state index contributed by atoms with van der Waals surface area (Å²) in [6.07, 6.45) is 0.397. The van der Waals surface area contributed by atoms with Gasteiger partial charge >= 0.3 is 0 Å². The molecule has 1 amide bonds. The first-order valence-corrected chi connectivity index (χ1v) is 9.92. The average Bonchev–Trinajstić information content (AvgIpc) is 3.40. The molecule has 0 unspecified atom stereocenters. The zero-order valence-electron chi connectivity index (χ0n) is 15.1. The van der Waals surface area contributed by atoms with Crippen LogP contribution in [0.2, 0.25) is 0 Å². The normalized spacial score (nSPS) is 15.8. The maximum absolute atomic E-state index is 13.6. The Balaban J connectivity index is 1.49. The summed E-state index contributed by atoms with van der Waals surface area (Å²) in [6.45, 7) is 0.697. The molecule has 3 aromatic rings. The fourth-order valence-corrected chi connectivity index (χ4v) is 3.89. The molecule has 142 valence electrons. The Hall–Kier alpha value is -2.99. The largest absolute Gasteiger partial charge is 0.390 e. The summed E-state index contributed by atoms with van der Waals surface area (Å²) >= 11 is 1.39. The number of nitrogens with zero attached hydrogens (tertiary/aromatic N) is 2. The average molecular weight is 394 g/mol. The third kappa shape index (κ3) is 4.28. The van der Waals surface area contributed by atoms with E-state index < -0.39 is 0 Å². The summed E-state index contributed by atoms with van der Waals surface area (Å²) < 4.78 is 13.6. The van der Waals surface area contributed by atoms with Crippen molar-refractivity contribution in [1.29, 1.82) is 0 Å². The molecule has 0 saturated heterocycles. The van der Waals surface area contributed by atoms with Crippen molar-refractivity contribution in [3.8, 4) is 0 Å². The lowest BCUT2D eigenvalue weighted by Crippen LogP contribution is -2.37. The molecule has 2 aromatic carbocycles. The summed E-state index contributed by atoms with van der Waals surface area (Å²) in [7, 11) is 0. The van der Waals surface area contributed by atoms with Crippen molar-refractivity contribution < 1.29 is 14.0 Å². The molecule has 0 fully saturated rings. The molecule has 1 aromatic heterocycles. The third-order valence-electron chi connectivity index (χ3n) is 4.55. The van der Waals surface area contributed by atoms with Gasteiger partial charge in [-0.15, -0.1) is 11.3 Å². The molecular weight excluding hydrogens is 375 g/mol. The molecule has 2 heterocycles. The van der Waals surface area contributed by atoms with Gasteiger partial charge in [-0.25, -0.2) is 4.39 Å². The molecule has 4 nitrogen and oxygen atoms in total. The fourth-order valence-electron chi connectivity index (χ4n) is 3.20. The van der Waals surface area contributed by atoms with Crippen molar-refractivity contribution >= 4 is 23.0 Å². The molecule has 1 aliphatic rings. The van der Waals surface area contributed by atoms with Crippen LogP contribution in [0.5, 0.6) is 0 Å². The predicted molar refractivity (Wildman–Crippen MR) is 108 cm³/mol. The number of hydrogen-bond donors (Lipinski definition) is 0. The standard InChI is InChI=1S/C22H19FN2O2S/c23-18-9-4-6-16(12-18)14-25(22(26)21-10-5-11-28-21)15-19-13-20(24-27-19)17-7-2-1-3-8-17/h1-12,19H,13-15H2/t19-/m1/s1. The molecule has 0 radical (unpaired) electrons. The molecule has 1 aliphatic heterocycles. The minimum absolute atomic E-state index is 0.0870. The Morgan fingerprint density at radius 2 is 2.00 bits per heavy atom. The van der Waals surface area contributed by atoms with Crippen LogP contribution in [-0.2, 0) is 11.4 Å². The molecule has 0 saturated carbocycles. The molecule has 0 spiro atoms. The van der Waals surface area contributed by atoms with E-state index in [1.165, 1.54) is 23.5 Å². The van der Waals surface area contributed by atoms with Crippen molar-refractivity contribution in [3.05, 3.63) is 93.9 Å². The van der Waals surface area contributed by atoms with Crippen LogP contribution >= 0.6 is 11.3 Å². The Labute approximate surface area is 166 Å². The van der Waals surface area contributed by atoms with Crippen LogP contribution < -0.4 is 0 Å². The SMILES string of the molecule is O=C(c1cccs1)N(Cc1cccc(F)c1)C[C@H]1CC(c2ccccc2)=NO1. The van der Waals surface area contributed by atoms with Crippen molar-refractivity contribution in [3.63, 3.8) is 0 Å². The maximum atomic E-state index is 13.6. The number of halogens is 1. The summed E-state index contributed by atoms with van der Waals surface area (Å²) in [6, 6.07) is 19.8. The zero-order chi connectivity index (χ0) is 19.3. The van der Waals surface area contributed by atoms with Crippen LogP contribution in [0, 0.1) is 5.82 Å². The van der Waals surface area contributed by atoms with Crippen LogP contribution in [0.1, 0.15) is 27.2 Å². The Kier molecular flexibility index (Phi) is 5.48. The highest BCUT2D eigenvalue weighted by atomic mass is 32.1. The number of rotatable bonds is 6. The molecule has 0 aliphatic carbocycles. The van der Waals surface area contributed by atoms with Gasteiger partial charge in [-0.2, -0.15) is 0 Å². The maximum Gasteiger partial charge on any atom is 0.264 e. The van der Waals surface area contributed by atoms with E-state index in [9.17, 15) is 9.18 Å². The lowest BCUT2D eigenvalue weighted by Gasteiger charge is -2.24. The third-order valence-corrected chi connectivity index (χ3v) is 5.40. The van der Waals surface area contributed by atoms with E-state index in [4.69, 9.17) is 4.84 Å². The van der Waals surface area contributed by atoms with Crippen LogP contribution in [0.4, 0.5) is 4.39 Å². The van der Waals surface area contributed by atoms with Crippen LogP contribution in [-0.4, -0.2) is 29.2 Å². The van der Waals surface area contributed by atoms with Crippen molar-refractivity contribution in [2.75, 3.05) is 6.54 Å². The first-order valence-electron chi connectivity index (χ1n) is 9.04. The smallest absolute Gasteiger partial charge is 0.264 e. The highest BCUT2D eigenvalue weighted by molar-refractivity contribution is 7.12. The van der Waals surface area contributed by atoms with Gasteiger partial charge in [0.15, 0.2) is 6.10 Å².